The van der Waals surface area contributed by atoms with E-state index in [4.69, 9.17) is 0 Å². The Morgan fingerprint density at radius 1 is 1.31 bits per heavy atom. The second kappa shape index (κ2) is 4.71. The lowest BCUT2D eigenvalue weighted by Gasteiger charge is -2.22. The lowest BCUT2D eigenvalue weighted by Crippen LogP contribution is -2.38. The van der Waals surface area contributed by atoms with Crippen LogP contribution in [-0.2, 0) is 10.0 Å². The van der Waals surface area contributed by atoms with Gasteiger partial charge in [0.25, 0.3) is 5.95 Å². The van der Waals surface area contributed by atoms with Gasteiger partial charge in [-0.3, -0.25) is 0 Å². The van der Waals surface area contributed by atoms with E-state index in [1.807, 2.05) is 0 Å². The van der Waals surface area contributed by atoms with Gasteiger partial charge >= 0.3 is 0 Å². The summed E-state index contributed by atoms with van der Waals surface area (Å²) >= 11 is 0. The first-order valence-electron chi connectivity index (χ1n) is 5.04. The van der Waals surface area contributed by atoms with Crippen molar-refractivity contribution < 1.29 is 8.42 Å². The quantitative estimate of drug-likeness (QED) is 0.733. The summed E-state index contributed by atoms with van der Waals surface area (Å²) in [6.07, 6.45) is 4.00. The average Bonchev–Trinajstić information content (AvgIpc) is 2.31. The summed E-state index contributed by atoms with van der Waals surface area (Å²) in [6.45, 7) is 1.44. The molecule has 1 aliphatic heterocycles. The molecule has 0 atom stereocenters. The lowest BCUT2D eigenvalue weighted by molar-refractivity contribution is 0.498. The monoisotopic (exact) mass is 243 g/mol. The van der Waals surface area contributed by atoms with Gasteiger partial charge in [0.15, 0.2) is 0 Å². The van der Waals surface area contributed by atoms with E-state index in [0.29, 0.717) is 12.8 Å². The van der Waals surface area contributed by atoms with Crippen molar-refractivity contribution >= 4 is 16.0 Å². The summed E-state index contributed by atoms with van der Waals surface area (Å²) in [7, 11) is -3.39. The fourth-order valence-corrected chi connectivity index (χ4v) is 2.98. The van der Waals surface area contributed by atoms with Crippen LogP contribution in [0.1, 0.15) is 12.8 Å². The molecule has 1 saturated heterocycles. The van der Waals surface area contributed by atoms with Gasteiger partial charge in [0.05, 0.1) is 17.6 Å². The maximum atomic E-state index is 11.9. The molecule has 0 aliphatic carbocycles. The minimum Gasteiger partial charge on any atom is -0.317 e. The van der Waals surface area contributed by atoms with E-state index in [9.17, 15) is 8.42 Å². The van der Waals surface area contributed by atoms with Crippen molar-refractivity contribution in [1.82, 2.24) is 20.5 Å². The Morgan fingerprint density at radius 2 is 2.06 bits per heavy atom. The zero-order chi connectivity index (χ0) is 11.4. The highest BCUT2D eigenvalue weighted by Crippen LogP contribution is 2.14. The minimum atomic E-state index is -3.39. The summed E-state index contributed by atoms with van der Waals surface area (Å²) in [5.74, 6) is 0.0287. The van der Waals surface area contributed by atoms with Gasteiger partial charge in [-0.15, -0.1) is 5.10 Å². The molecule has 2 heterocycles. The Morgan fingerprint density at radius 3 is 2.69 bits per heavy atom. The van der Waals surface area contributed by atoms with Crippen LogP contribution in [0.2, 0.25) is 0 Å². The fourth-order valence-electron chi connectivity index (χ4n) is 1.61. The van der Waals surface area contributed by atoms with Crippen LogP contribution < -0.4 is 10.0 Å². The first-order chi connectivity index (χ1) is 7.68. The number of hydrogen-bond donors (Lipinski definition) is 2. The van der Waals surface area contributed by atoms with E-state index < -0.39 is 10.0 Å². The molecule has 0 spiro atoms. The Kier molecular flexibility index (Phi) is 3.30. The predicted molar refractivity (Wildman–Crippen MR) is 58.3 cm³/mol. The van der Waals surface area contributed by atoms with Gasteiger partial charge in [0.2, 0.25) is 10.0 Å². The van der Waals surface area contributed by atoms with Gasteiger partial charge in [0.1, 0.15) is 0 Å². The summed E-state index contributed by atoms with van der Waals surface area (Å²) in [4.78, 5) is 3.78. The Balaban J connectivity index is 2.08. The van der Waals surface area contributed by atoms with Crippen LogP contribution >= 0.6 is 0 Å². The van der Waals surface area contributed by atoms with E-state index in [1.54, 1.807) is 0 Å². The maximum absolute atomic E-state index is 11.9. The molecule has 2 N–H and O–H groups in total. The standard InChI is InChI=1S/C8H13N5O2S/c14-16(15,7-1-3-9-4-2-7)13-8-10-5-6-11-12-8/h5-7,9H,1-4H2,(H,10,12,13). The van der Waals surface area contributed by atoms with Crippen molar-refractivity contribution in [2.75, 3.05) is 17.8 Å². The Bertz CT molecular complexity index is 429. The molecular formula is C8H13N5O2S. The van der Waals surface area contributed by atoms with Gasteiger partial charge < -0.3 is 5.32 Å². The molecule has 88 valence electrons. The lowest BCUT2D eigenvalue weighted by atomic mass is 10.2. The molecule has 7 nitrogen and oxygen atoms in total. The number of hydrogen-bond acceptors (Lipinski definition) is 6. The van der Waals surface area contributed by atoms with Crippen LogP contribution in [0.4, 0.5) is 5.95 Å². The highest BCUT2D eigenvalue weighted by Gasteiger charge is 2.27. The van der Waals surface area contributed by atoms with E-state index in [1.165, 1.54) is 12.4 Å². The molecule has 1 fully saturated rings. The third kappa shape index (κ3) is 2.64. The molecule has 0 bridgehead atoms. The number of piperidine rings is 1. The van der Waals surface area contributed by atoms with Crippen molar-refractivity contribution in [2.24, 2.45) is 0 Å². The zero-order valence-electron chi connectivity index (χ0n) is 8.63. The SMILES string of the molecule is O=S(=O)(Nc1nccnn1)C1CCNCC1. The Hall–Kier alpha value is -1.28. The van der Waals surface area contributed by atoms with E-state index in [-0.39, 0.29) is 11.2 Å². The van der Waals surface area contributed by atoms with Crippen molar-refractivity contribution in [3.8, 4) is 0 Å². The highest BCUT2D eigenvalue weighted by molar-refractivity contribution is 7.93. The van der Waals surface area contributed by atoms with Crippen LogP contribution in [0.25, 0.3) is 0 Å². The van der Waals surface area contributed by atoms with Crippen LogP contribution in [0.5, 0.6) is 0 Å². The molecule has 0 unspecified atom stereocenters. The van der Waals surface area contributed by atoms with Crippen LogP contribution in [0.3, 0.4) is 0 Å². The van der Waals surface area contributed by atoms with Gasteiger partial charge in [-0.05, 0) is 25.9 Å². The van der Waals surface area contributed by atoms with Gasteiger partial charge in [-0.1, -0.05) is 0 Å². The first kappa shape index (κ1) is 11.2. The summed E-state index contributed by atoms with van der Waals surface area (Å²) in [5, 5.41) is 9.89. The molecule has 1 aromatic heterocycles. The molecule has 16 heavy (non-hydrogen) atoms. The fraction of sp³-hybridized carbons (Fsp3) is 0.625. The zero-order valence-corrected chi connectivity index (χ0v) is 9.44. The normalized spacial score (nSPS) is 18.2. The third-order valence-electron chi connectivity index (χ3n) is 2.44. The molecular weight excluding hydrogens is 230 g/mol. The largest absolute Gasteiger partial charge is 0.317 e. The number of aromatic nitrogens is 3. The number of anilines is 1. The molecule has 8 heteroatoms. The van der Waals surface area contributed by atoms with Crippen molar-refractivity contribution in [3.05, 3.63) is 12.4 Å². The summed E-state index contributed by atoms with van der Waals surface area (Å²) in [5.41, 5.74) is 0. The van der Waals surface area contributed by atoms with Gasteiger partial charge in [-0.25, -0.2) is 18.1 Å². The highest BCUT2D eigenvalue weighted by atomic mass is 32.2. The molecule has 1 aliphatic rings. The predicted octanol–water partition coefficient (Wildman–Crippen LogP) is -0.635. The topological polar surface area (TPSA) is 96.9 Å². The van der Waals surface area contributed by atoms with Gasteiger partial charge in [-0.2, -0.15) is 5.10 Å². The average molecular weight is 243 g/mol. The number of nitrogens with one attached hydrogen (secondary N) is 2. The van der Waals surface area contributed by atoms with E-state index in [0.717, 1.165) is 13.1 Å². The molecule has 2 rings (SSSR count). The van der Waals surface area contributed by atoms with Crippen LogP contribution in [0.15, 0.2) is 12.4 Å². The van der Waals surface area contributed by atoms with Crippen molar-refractivity contribution in [1.29, 1.82) is 0 Å². The van der Waals surface area contributed by atoms with Crippen molar-refractivity contribution in [3.63, 3.8) is 0 Å². The molecule has 0 amide bonds. The van der Waals surface area contributed by atoms with E-state index in [2.05, 4.69) is 25.2 Å². The number of nitrogens with zero attached hydrogens (tertiary/aromatic N) is 3. The first-order valence-corrected chi connectivity index (χ1v) is 6.59. The minimum absolute atomic E-state index is 0.0287. The van der Waals surface area contributed by atoms with E-state index >= 15 is 0 Å². The number of sulfonamides is 1. The summed E-state index contributed by atoms with van der Waals surface area (Å²) in [6, 6.07) is 0. The van der Waals surface area contributed by atoms with Crippen LogP contribution in [-0.4, -0.2) is 41.9 Å². The second-order valence-corrected chi connectivity index (χ2v) is 5.52. The summed E-state index contributed by atoms with van der Waals surface area (Å²) < 4.78 is 26.2. The molecule has 0 aromatic carbocycles. The third-order valence-corrected chi connectivity index (χ3v) is 4.26. The molecule has 0 saturated carbocycles. The number of rotatable bonds is 3. The Labute approximate surface area is 93.7 Å². The second-order valence-electron chi connectivity index (χ2n) is 3.56. The molecule has 1 aromatic rings. The molecule has 0 radical (unpaired) electrons. The maximum Gasteiger partial charge on any atom is 0.256 e. The smallest absolute Gasteiger partial charge is 0.256 e. The van der Waals surface area contributed by atoms with Crippen molar-refractivity contribution in [2.45, 2.75) is 18.1 Å². The van der Waals surface area contributed by atoms with Crippen LogP contribution in [0, 0.1) is 0 Å². The van der Waals surface area contributed by atoms with Gasteiger partial charge in [0, 0.05) is 0 Å².